The van der Waals surface area contributed by atoms with Gasteiger partial charge in [0.1, 0.15) is 17.1 Å². The Bertz CT molecular complexity index is 478. The van der Waals surface area contributed by atoms with E-state index >= 15 is 0 Å². The Morgan fingerprint density at radius 2 is 2.26 bits per heavy atom. The van der Waals surface area contributed by atoms with Crippen molar-refractivity contribution < 1.29 is 19.4 Å². The van der Waals surface area contributed by atoms with Gasteiger partial charge in [-0.1, -0.05) is 0 Å². The molecule has 0 aromatic carbocycles. The zero-order valence-corrected chi connectivity index (χ0v) is 11.4. The van der Waals surface area contributed by atoms with Crippen molar-refractivity contribution in [1.29, 1.82) is 0 Å². The molecule has 104 valence electrons. The van der Waals surface area contributed by atoms with E-state index in [1.807, 2.05) is 6.92 Å². The predicted molar refractivity (Wildman–Crippen MR) is 69.3 cm³/mol. The number of fused-ring (bicyclic) bond motifs is 1. The smallest absolute Gasteiger partial charge is 0.352 e. The summed E-state index contributed by atoms with van der Waals surface area (Å²) in [6.07, 6.45) is 1.69. The minimum atomic E-state index is -1.07. The monoisotopic (exact) mass is 284 g/mol. The lowest BCUT2D eigenvalue weighted by atomic mass is 10.00. The van der Waals surface area contributed by atoms with Gasteiger partial charge in [0.25, 0.3) is 0 Å². The highest BCUT2D eigenvalue weighted by Gasteiger charge is 2.52. The minimum Gasteiger partial charge on any atom is -0.477 e. The maximum Gasteiger partial charge on any atom is 0.352 e. The molecule has 7 heteroatoms. The number of carboxylic acids is 1. The molecule has 2 saturated heterocycles. The van der Waals surface area contributed by atoms with Gasteiger partial charge in [-0.05, 0) is 25.3 Å². The van der Waals surface area contributed by atoms with Crippen LogP contribution in [0.3, 0.4) is 0 Å². The van der Waals surface area contributed by atoms with Crippen molar-refractivity contribution >= 4 is 23.6 Å². The molecule has 0 spiro atoms. The summed E-state index contributed by atoms with van der Waals surface area (Å²) >= 11 is 1.52. The Kier molecular flexibility index (Phi) is 3.07. The van der Waals surface area contributed by atoms with Crippen molar-refractivity contribution in [3.05, 3.63) is 11.3 Å². The SMILES string of the molecule is C[C@H]1CC[C@@H](C2=C(C(=O)O)N3C(=O)[C@@H](N)[C@H]3SC2)O1. The first-order valence-corrected chi connectivity index (χ1v) is 7.37. The number of nitrogens with two attached hydrogens (primary N) is 1. The van der Waals surface area contributed by atoms with Gasteiger partial charge in [0.15, 0.2) is 0 Å². The average Bonchev–Trinajstić information content (AvgIpc) is 2.82. The van der Waals surface area contributed by atoms with E-state index in [0.29, 0.717) is 5.75 Å². The quantitative estimate of drug-likeness (QED) is 0.700. The van der Waals surface area contributed by atoms with Crippen LogP contribution >= 0.6 is 11.8 Å². The maximum atomic E-state index is 11.8. The summed E-state index contributed by atoms with van der Waals surface area (Å²) in [5, 5.41) is 9.17. The predicted octanol–water partition coefficient (Wildman–Crippen LogP) is 0.135. The van der Waals surface area contributed by atoms with E-state index in [1.54, 1.807) is 0 Å². The van der Waals surface area contributed by atoms with Gasteiger partial charge in [-0.3, -0.25) is 9.69 Å². The Morgan fingerprint density at radius 3 is 2.84 bits per heavy atom. The number of nitrogens with zero attached hydrogens (tertiary/aromatic N) is 1. The zero-order valence-electron chi connectivity index (χ0n) is 10.5. The lowest BCUT2D eigenvalue weighted by Crippen LogP contribution is -2.68. The number of carbonyl (C=O) groups excluding carboxylic acids is 1. The number of rotatable bonds is 2. The van der Waals surface area contributed by atoms with Crippen LogP contribution in [0.2, 0.25) is 0 Å². The fraction of sp³-hybridized carbons (Fsp3) is 0.667. The molecule has 2 fully saturated rings. The molecule has 3 heterocycles. The summed E-state index contributed by atoms with van der Waals surface area (Å²) in [6.45, 7) is 1.98. The summed E-state index contributed by atoms with van der Waals surface area (Å²) in [5.74, 6) is -0.803. The topological polar surface area (TPSA) is 92.9 Å². The summed E-state index contributed by atoms with van der Waals surface area (Å²) in [5.41, 5.74) is 6.51. The summed E-state index contributed by atoms with van der Waals surface area (Å²) in [4.78, 5) is 24.6. The van der Waals surface area contributed by atoms with Crippen LogP contribution in [-0.2, 0) is 14.3 Å². The molecule has 0 radical (unpaired) electrons. The van der Waals surface area contributed by atoms with Gasteiger partial charge in [0, 0.05) is 5.75 Å². The van der Waals surface area contributed by atoms with E-state index in [0.717, 1.165) is 18.4 Å². The van der Waals surface area contributed by atoms with Gasteiger partial charge >= 0.3 is 5.97 Å². The average molecular weight is 284 g/mol. The Labute approximate surface area is 115 Å². The molecule has 0 saturated carbocycles. The normalized spacial score (nSPS) is 38.2. The number of thioether (sulfide) groups is 1. The second-order valence-electron chi connectivity index (χ2n) is 5.13. The lowest BCUT2D eigenvalue weighted by molar-refractivity contribution is -0.148. The lowest BCUT2D eigenvalue weighted by Gasteiger charge is -2.48. The van der Waals surface area contributed by atoms with E-state index in [9.17, 15) is 14.7 Å². The first-order valence-electron chi connectivity index (χ1n) is 6.32. The number of β-lactam (4-membered cyclic amide) rings is 1. The van der Waals surface area contributed by atoms with E-state index < -0.39 is 12.0 Å². The third-order valence-corrected chi connectivity index (χ3v) is 5.19. The third kappa shape index (κ3) is 1.87. The molecule has 6 nitrogen and oxygen atoms in total. The second kappa shape index (κ2) is 4.50. The zero-order chi connectivity index (χ0) is 13.7. The number of carboxylic acid groups (broad SMARTS) is 1. The van der Waals surface area contributed by atoms with Crippen LogP contribution in [0.1, 0.15) is 19.8 Å². The molecular weight excluding hydrogens is 268 g/mol. The second-order valence-corrected chi connectivity index (χ2v) is 6.23. The Hall–Kier alpha value is -1.05. The highest BCUT2D eigenvalue weighted by molar-refractivity contribution is 8.00. The number of hydrogen-bond donors (Lipinski definition) is 2. The molecule has 19 heavy (non-hydrogen) atoms. The van der Waals surface area contributed by atoms with E-state index in [4.69, 9.17) is 10.5 Å². The van der Waals surface area contributed by atoms with Gasteiger partial charge in [-0.15, -0.1) is 11.8 Å². The van der Waals surface area contributed by atoms with Crippen LogP contribution < -0.4 is 5.73 Å². The molecule has 0 aromatic heterocycles. The molecule has 0 bridgehead atoms. The van der Waals surface area contributed by atoms with Crippen LogP contribution in [0.25, 0.3) is 0 Å². The number of aliphatic carboxylic acids is 1. The van der Waals surface area contributed by atoms with Crippen molar-refractivity contribution in [1.82, 2.24) is 4.90 Å². The molecular formula is C12H16N2O4S. The maximum absolute atomic E-state index is 11.8. The minimum absolute atomic E-state index is 0.0922. The Balaban J connectivity index is 1.95. The van der Waals surface area contributed by atoms with Crippen LogP contribution in [0.4, 0.5) is 0 Å². The largest absolute Gasteiger partial charge is 0.477 e. The summed E-state index contributed by atoms with van der Waals surface area (Å²) in [7, 11) is 0. The Morgan fingerprint density at radius 1 is 1.53 bits per heavy atom. The molecule has 0 aromatic rings. The van der Waals surface area contributed by atoms with E-state index in [-0.39, 0.29) is 29.2 Å². The molecule has 0 unspecified atom stereocenters. The van der Waals surface area contributed by atoms with Crippen molar-refractivity contribution in [3.8, 4) is 0 Å². The molecule has 3 rings (SSSR count). The molecule has 1 amide bonds. The van der Waals surface area contributed by atoms with Crippen LogP contribution in [0, 0.1) is 0 Å². The first kappa shape index (κ1) is 13.0. The van der Waals surface area contributed by atoms with Crippen molar-refractivity contribution in [2.45, 2.75) is 43.4 Å². The molecule has 3 N–H and O–H groups in total. The van der Waals surface area contributed by atoms with Gasteiger partial charge in [-0.2, -0.15) is 0 Å². The van der Waals surface area contributed by atoms with Crippen molar-refractivity contribution in [2.24, 2.45) is 5.73 Å². The first-order chi connectivity index (χ1) is 9.00. The highest BCUT2D eigenvalue weighted by Crippen LogP contribution is 2.42. The van der Waals surface area contributed by atoms with Crippen molar-refractivity contribution in [3.63, 3.8) is 0 Å². The highest BCUT2D eigenvalue weighted by atomic mass is 32.2. The molecule has 4 atom stereocenters. The van der Waals surface area contributed by atoms with Gasteiger partial charge < -0.3 is 15.6 Å². The van der Waals surface area contributed by atoms with Crippen molar-refractivity contribution in [2.75, 3.05) is 5.75 Å². The molecule has 3 aliphatic heterocycles. The number of ether oxygens (including phenoxy) is 1. The molecule has 0 aliphatic carbocycles. The summed E-state index contributed by atoms with van der Waals surface area (Å²) < 4.78 is 5.75. The van der Waals surface area contributed by atoms with E-state index in [1.165, 1.54) is 16.7 Å². The molecule has 3 aliphatic rings. The van der Waals surface area contributed by atoms with Gasteiger partial charge in [0.2, 0.25) is 5.91 Å². The number of hydrogen-bond acceptors (Lipinski definition) is 5. The van der Waals surface area contributed by atoms with Gasteiger partial charge in [0.05, 0.1) is 12.2 Å². The fourth-order valence-electron chi connectivity index (χ4n) is 2.85. The standard InChI is InChI=1S/C12H16N2O4S/c1-5-2-3-7(18-5)6-4-19-11-8(13)10(15)14(11)9(6)12(16)17/h5,7-8,11H,2-4,13H2,1H3,(H,16,17)/t5-,7-,8+,11+/m0/s1. The van der Waals surface area contributed by atoms with Crippen LogP contribution in [0.15, 0.2) is 11.3 Å². The van der Waals surface area contributed by atoms with Crippen LogP contribution in [0.5, 0.6) is 0 Å². The number of amides is 1. The summed E-state index contributed by atoms with van der Waals surface area (Å²) in [6, 6.07) is -0.579. The fourth-order valence-corrected chi connectivity index (χ4v) is 4.20. The number of carbonyl (C=O) groups is 2. The van der Waals surface area contributed by atoms with E-state index in [2.05, 4.69) is 0 Å². The van der Waals surface area contributed by atoms with Crippen LogP contribution in [-0.4, -0.2) is 51.3 Å². The third-order valence-electron chi connectivity index (χ3n) is 3.86. The van der Waals surface area contributed by atoms with Gasteiger partial charge in [-0.25, -0.2) is 4.79 Å².